The molecule has 1 aliphatic heterocycles. The molecule has 3 atom stereocenters. The van der Waals surface area contributed by atoms with E-state index in [0.29, 0.717) is 13.0 Å². The standard InChI is InChI=1S/C19H30O3Si/c1-15-10-18(17(20)6-5-9-23(2,3)4)13-19(11-15,22-14-18)21-12-16-7-8-16/h10,16-17,20H,6-8,11-14H2,1-4H3/t17-,18+,19+/m1/s1. The Hall–Kier alpha value is -0.603. The van der Waals surface area contributed by atoms with Gasteiger partial charge in [-0.3, -0.25) is 0 Å². The minimum atomic E-state index is -1.39. The minimum Gasteiger partial charge on any atom is -0.391 e. The Morgan fingerprint density at radius 3 is 2.83 bits per heavy atom. The molecule has 1 heterocycles. The monoisotopic (exact) mass is 334 g/mol. The van der Waals surface area contributed by atoms with Gasteiger partial charge in [0.2, 0.25) is 0 Å². The predicted molar refractivity (Wildman–Crippen MR) is 94.5 cm³/mol. The Balaban J connectivity index is 1.69. The molecule has 0 spiro atoms. The maximum Gasteiger partial charge on any atom is 0.172 e. The van der Waals surface area contributed by atoms with Gasteiger partial charge in [-0.2, -0.15) is 0 Å². The van der Waals surface area contributed by atoms with Crippen LogP contribution in [0.15, 0.2) is 11.6 Å². The number of ether oxygens (including phenoxy) is 2. The number of aliphatic hydroxyl groups excluding tert-OH is 1. The summed E-state index contributed by atoms with van der Waals surface area (Å²) in [5.41, 5.74) is 4.30. The van der Waals surface area contributed by atoms with Crippen molar-refractivity contribution in [3.63, 3.8) is 0 Å². The lowest BCUT2D eigenvalue weighted by molar-refractivity contribution is -0.211. The Morgan fingerprint density at radius 2 is 2.17 bits per heavy atom. The van der Waals surface area contributed by atoms with Gasteiger partial charge < -0.3 is 14.6 Å². The van der Waals surface area contributed by atoms with E-state index in [4.69, 9.17) is 9.47 Å². The largest absolute Gasteiger partial charge is 0.391 e. The van der Waals surface area contributed by atoms with Gasteiger partial charge in [0.25, 0.3) is 0 Å². The lowest BCUT2D eigenvalue weighted by Gasteiger charge is -2.37. The Labute approximate surface area is 141 Å². The van der Waals surface area contributed by atoms with Gasteiger partial charge in [0.05, 0.1) is 19.3 Å². The third-order valence-corrected chi connectivity index (χ3v) is 5.91. The van der Waals surface area contributed by atoms with Crippen molar-refractivity contribution in [1.29, 1.82) is 0 Å². The summed E-state index contributed by atoms with van der Waals surface area (Å²) in [5, 5.41) is 10.8. The maximum atomic E-state index is 10.8. The molecule has 0 aromatic carbocycles. The Bertz CT molecular complexity index is 549. The summed E-state index contributed by atoms with van der Waals surface area (Å²) in [6.07, 6.45) is 6.42. The quantitative estimate of drug-likeness (QED) is 0.475. The molecule has 2 aliphatic carbocycles. The van der Waals surface area contributed by atoms with E-state index in [2.05, 4.69) is 44.1 Å². The van der Waals surface area contributed by atoms with Crippen LogP contribution < -0.4 is 0 Å². The first-order chi connectivity index (χ1) is 10.7. The highest BCUT2D eigenvalue weighted by Crippen LogP contribution is 2.52. The van der Waals surface area contributed by atoms with Crippen molar-refractivity contribution in [1.82, 2.24) is 0 Å². The van der Waals surface area contributed by atoms with Crippen LogP contribution in [0.3, 0.4) is 0 Å². The Morgan fingerprint density at radius 1 is 1.43 bits per heavy atom. The lowest BCUT2D eigenvalue weighted by Crippen LogP contribution is -2.41. The zero-order chi connectivity index (χ0) is 16.7. The molecule has 1 saturated carbocycles. The summed E-state index contributed by atoms with van der Waals surface area (Å²) < 4.78 is 12.3. The number of hydrogen-bond donors (Lipinski definition) is 1. The molecule has 4 heteroatoms. The fourth-order valence-electron chi connectivity index (χ4n) is 3.67. The van der Waals surface area contributed by atoms with Crippen LogP contribution in [0.2, 0.25) is 19.6 Å². The van der Waals surface area contributed by atoms with Crippen LogP contribution in [0.25, 0.3) is 0 Å². The molecule has 23 heavy (non-hydrogen) atoms. The second-order valence-electron chi connectivity index (χ2n) is 8.80. The molecule has 0 radical (unpaired) electrons. The van der Waals surface area contributed by atoms with Crippen molar-refractivity contribution >= 4 is 8.07 Å². The fraction of sp³-hybridized carbons (Fsp3) is 0.789. The number of rotatable bonds is 5. The second kappa shape index (κ2) is 6.04. The van der Waals surface area contributed by atoms with E-state index in [1.165, 1.54) is 18.4 Å². The molecule has 128 valence electrons. The van der Waals surface area contributed by atoms with Crippen molar-refractivity contribution in [3.05, 3.63) is 11.6 Å². The SMILES string of the molecule is CC1=C[C@@]2([C@H](O)CC#C[Si](C)(C)C)CO[C@@](OCC3CC3)(C1)C2. The van der Waals surface area contributed by atoms with Crippen LogP contribution >= 0.6 is 0 Å². The second-order valence-corrected chi connectivity index (χ2v) is 13.6. The van der Waals surface area contributed by atoms with Gasteiger partial charge in [0.15, 0.2) is 5.79 Å². The van der Waals surface area contributed by atoms with E-state index in [9.17, 15) is 5.11 Å². The number of aliphatic hydroxyl groups is 1. The molecular weight excluding hydrogens is 304 g/mol. The summed E-state index contributed by atoms with van der Waals surface area (Å²) >= 11 is 0. The molecule has 0 unspecified atom stereocenters. The molecular formula is C19H30O3Si. The van der Waals surface area contributed by atoms with Gasteiger partial charge in [-0.05, 0) is 25.7 Å². The molecule has 1 saturated heterocycles. The normalized spacial score (nSPS) is 34.6. The maximum absolute atomic E-state index is 10.8. The molecule has 3 aliphatic rings. The lowest BCUT2D eigenvalue weighted by atomic mass is 9.72. The van der Waals surface area contributed by atoms with Crippen molar-refractivity contribution in [2.75, 3.05) is 13.2 Å². The van der Waals surface area contributed by atoms with Crippen molar-refractivity contribution in [2.45, 2.75) is 70.6 Å². The van der Waals surface area contributed by atoms with Gasteiger partial charge in [-0.15, -0.1) is 11.5 Å². The molecule has 2 fully saturated rings. The van der Waals surface area contributed by atoms with Crippen LogP contribution in [0.1, 0.15) is 39.0 Å². The van der Waals surface area contributed by atoms with E-state index < -0.39 is 20.0 Å². The van der Waals surface area contributed by atoms with E-state index in [0.717, 1.165) is 25.4 Å². The fourth-order valence-corrected chi connectivity index (χ4v) is 4.30. The highest BCUT2D eigenvalue weighted by molar-refractivity contribution is 6.83. The van der Waals surface area contributed by atoms with E-state index in [1.54, 1.807) is 0 Å². The van der Waals surface area contributed by atoms with Crippen molar-refractivity contribution in [2.24, 2.45) is 11.3 Å². The third-order valence-electron chi connectivity index (χ3n) is 4.99. The molecule has 0 aromatic rings. The molecule has 3 nitrogen and oxygen atoms in total. The van der Waals surface area contributed by atoms with Gasteiger partial charge in [-0.25, -0.2) is 0 Å². The summed E-state index contributed by atoms with van der Waals surface area (Å²) in [4.78, 5) is 0. The first-order valence-electron chi connectivity index (χ1n) is 8.86. The van der Waals surface area contributed by atoms with E-state index in [1.807, 2.05) is 0 Å². The Kier molecular flexibility index (Phi) is 4.52. The highest BCUT2D eigenvalue weighted by Gasteiger charge is 2.55. The number of fused-ring (bicyclic) bond motifs is 2. The summed E-state index contributed by atoms with van der Waals surface area (Å²) in [5.74, 6) is 3.44. The van der Waals surface area contributed by atoms with Crippen LogP contribution in [0, 0.1) is 22.8 Å². The average Bonchev–Trinajstić information content (AvgIpc) is 3.21. The predicted octanol–water partition coefficient (Wildman–Crippen LogP) is 3.50. The molecule has 2 bridgehead atoms. The molecule has 0 aromatic heterocycles. The topological polar surface area (TPSA) is 38.7 Å². The molecule has 1 N–H and O–H groups in total. The molecule has 0 amide bonds. The first kappa shape index (κ1) is 17.2. The zero-order valence-corrected chi connectivity index (χ0v) is 15.9. The van der Waals surface area contributed by atoms with Crippen LogP contribution in [-0.4, -0.2) is 38.3 Å². The van der Waals surface area contributed by atoms with E-state index in [-0.39, 0.29) is 5.41 Å². The minimum absolute atomic E-state index is 0.319. The van der Waals surface area contributed by atoms with Crippen molar-refractivity contribution in [3.8, 4) is 11.5 Å². The van der Waals surface area contributed by atoms with Gasteiger partial charge >= 0.3 is 0 Å². The van der Waals surface area contributed by atoms with Gasteiger partial charge in [0.1, 0.15) is 8.07 Å². The van der Waals surface area contributed by atoms with Crippen molar-refractivity contribution < 1.29 is 14.6 Å². The van der Waals surface area contributed by atoms with Crippen LogP contribution in [0.4, 0.5) is 0 Å². The van der Waals surface area contributed by atoms with Crippen LogP contribution in [0.5, 0.6) is 0 Å². The van der Waals surface area contributed by atoms with Gasteiger partial charge in [0, 0.05) is 24.7 Å². The number of hydrogen-bond acceptors (Lipinski definition) is 3. The third kappa shape index (κ3) is 4.08. The highest BCUT2D eigenvalue weighted by atomic mass is 28.3. The van der Waals surface area contributed by atoms with Crippen LogP contribution in [-0.2, 0) is 9.47 Å². The average molecular weight is 335 g/mol. The summed E-state index contributed by atoms with van der Waals surface area (Å²) in [7, 11) is -1.39. The van der Waals surface area contributed by atoms with E-state index >= 15 is 0 Å². The smallest absolute Gasteiger partial charge is 0.172 e. The van der Waals surface area contributed by atoms with Gasteiger partial charge in [-0.1, -0.05) is 31.3 Å². The summed E-state index contributed by atoms with van der Waals surface area (Å²) in [6, 6.07) is 0. The molecule has 3 rings (SSSR count). The summed E-state index contributed by atoms with van der Waals surface area (Å²) in [6.45, 7) is 10.2. The first-order valence-corrected chi connectivity index (χ1v) is 12.4. The zero-order valence-electron chi connectivity index (χ0n) is 14.9.